The van der Waals surface area contributed by atoms with Crippen molar-refractivity contribution in [2.45, 2.75) is 32.7 Å². The Morgan fingerprint density at radius 1 is 1.37 bits per heavy atom. The minimum absolute atomic E-state index is 0.142. The molecule has 2 heterocycles. The van der Waals surface area contributed by atoms with E-state index in [0.29, 0.717) is 23.8 Å². The van der Waals surface area contributed by atoms with Gasteiger partial charge in [-0.1, -0.05) is 37.6 Å². The molecule has 8 heteroatoms. The molecular weight excluding hydrogens is 344 g/mol. The Bertz CT molecular complexity index is 875. The molecule has 1 aromatic carbocycles. The van der Waals surface area contributed by atoms with E-state index < -0.39 is 0 Å². The molecule has 2 aromatic rings. The van der Waals surface area contributed by atoms with Gasteiger partial charge in [-0.05, 0) is 18.9 Å². The number of unbranched alkanes of at least 4 members (excludes halogenated alkanes) is 1. The van der Waals surface area contributed by atoms with Crippen molar-refractivity contribution in [2.24, 2.45) is 0 Å². The molecule has 27 heavy (non-hydrogen) atoms. The summed E-state index contributed by atoms with van der Waals surface area (Å²) in [5.41, 5.74) is 7.98. The van der Waals surface area contributed by atoms with Crippen LogP contribution in [-0.2, 0) is 4.79 Å². The Morgan fingerprint density at radius 3 is 2.78 bits per heavy atom. The van der Waals surface area contributed by atoms with Gasteiger partial charge in [-0.3, -0.25) is 4.79 Å². The summed E-state index contributed by atoms with van der Waals surface area (Å²) in [4.78, 5) is 26.1. The Hall–Kier alpha value is -3.34. The fourth-order valence-electron chi connectivity index (χ4n) is 2.88. The van der Waals surface area contributed by atoms with Gasteiger partial charge in [0.25, 0.3) is 0 Å². The number of benzene rings is 1. The lowest BCUT2D eigenvalue weighted by atomic mass is 10.1. The molecule has 0 fully saturated rings. The lowest BCUT2D eigenvalue weighted by Crippen LogP contribution is -2.41. The van der Waals surface area contributed by atoms with E-state index in [1.54, 1.807) is 12.1 Å². The molecule has 1 unspecified atom stereocenters. The van der Waals surface area contributed by atoms with Gasteiger partial charge in [0, 0.05) is 0 Å². The third kappa shape index (κ3) is 3.92. The van der Waals surface area contributed by atoms with Gasteiger partial charge in [0.05, 0.1) is 25.8 Å². The number of nitrogen functional groups attached to an aromatic ring is 1. The summed E-state index contributed by atoms with van der Waals surface area (Å²) >= 11 is 0. The number of carbonyl (C=O) groups is 1. The number of rotatable bonds is 6. The van der Waals surface area contributed by atoms with Crippen molar-refractivity contribution in [3.05, 3.63) is 41.2 Å². The third-order valence-electron chi connectivity index (χ3n) is 4.45. The Labute approximate surface area is 158 Å². The van der Waals surface area contributed by atoms with Crippen molar-refractivity contribution >= 4 is 28.9 Å². The SMILES string of the molecule is [C-]#[N+]c1ccc(C(C)N2CC(=O)Nc3c(N)nc(OCCCC)nc32)cc1. The predicted molar refractivity (Wildman–Crippen MR) is 104 cm³/mol. The highest BCUT2D eigenvalue weighted by Crippen LogP contribution is 2.38. The number of amides is 1. The van der Waals surface area contributed by atoms with Crippen LogP contribution in [0.1, 0.15) is 38.3 Å². The van der Waals surface area contributed by atoms with Crippen LogP contribution < -0.4 is 20.7 Å². The lowest BCUT2D eigenvalue weighted by molar-refractivity contribution is -0.115. The molecule has 1 aliphatic rings. The van der Waals surface area contributed by atoms with Crippen LogP contribution in [0.3, 0.4) is 0 Å². The van der Waals surface area contributed by atoms with Crippen LogP contribution in [0.2, 0.25) is 0 Å². The van der Waals surface area contributed by atoms with E-state index in [4.69, 9.17) is 17.0 Å². The summed E-state index contributed by atoms with van der Waals surface area (Å²) in [5, 5.41) is 2.75. The average Bonchev–Trinajstić information content (AvgIpc) is 2.68. The second-order valence-corrected chi connectivity index (χ2v) is 6.35. The number of aromatic nitrogens is 2. The Morgan fingerprint density at radius 2 is 2.11 bits per heavy atom. The topological polar surface area (TPSA) is 97.7 Å². The number of ether oxygens (including phenoxy) is 1. The minimum Gasteiger partial charge on any atom is -0.463 e. The zero-order valence-corrected chi connectivity index (χ0v) is 15.4. The van der Waals surface area contributed by atoms with E-state index in [1.807, 2.05) is 24.0 Å². The number of nitrogens with one attached hydrogen (secondary N) is 1. The summed E-state index contributed by atoms with van der Waals surface area (Å²) in [5.74, 6) is 0.539. The maximum Gasteiger partial charge on any atom is 0.320 e. The molecule has 8 nitrogen and oxygen atoms in total. The number of hydrogen-bond donors (Lipinski definition) is 2. The van der Waals surface area contributed by atoms with Gasteiger partial charge in [0.15, 0.2) is 17.3 Å². The highest BCUT2D eigenvalue weighted by atomic mass is 16.5. The first-order chi connectivity index (χ1) is 13.0. The van der Waals surface area contributed by atoms with Gasteiger partial charge in [-0.15, -0.1) is 0 Å². The zero-order valence-electron chi connectivity index (χ0n) is 15.4. The van der Waals surface area contributed by atoms with Crippen molar-refractivity contribution in [1.82, 2.24) is 9.97 Å². The second kappa shape index (κ2) is 7.91. The molecule has 0 aliphatic carbocycles. The van der Waals surface area contributed by atoms with Gasteiger partial charge in [0.1, 0.15) is 5.69 Å². The highest BCUT2D eigenvalue weighted by molar-refractivity contribution is 6.03. The normalized spacial score (nSPS) is 14.1. The highest BCUT2D eigenvalue weighted by Gasteiger charge is 2.30. The van der Waals surface area contributed by atoms with Crippen molar-refractivity contribution < 1.29 is 9.53 Å². The quantitative estimate of drug-likeness (QED) is 0.601. The summed E-state index contributed by atoms with van der Waals surface area (Å²) in [6.45, 7) is 11.8. The van der Waals surface area contributed by atoms with Crippen molar-refractivity contribution in [2.75, 3.05) is 29.1 Å². The fraction of sp³-hybridized carbons (Fsp3) is 0.368. The van der Waals surface area contributed by atoms with Crippen molar-refractivity contribution in [3.63, 3.8) is 0 Å². The van der Waals surface area contributed by atoms with Crippen LogP contribution in [0.25, 0.3) is 4.85 Å². The van der Waals surface area contributed by atoms with Crippen LogP contribution in [0.5, 0.6) is 6.01 Å². The molecule has 1 amide bonds. The van der Waals surface area contributed by atoms with E-state index >= 15 is 0 Å². The standard InChI is InChI=1S/C19H22N6O2/c1-4-5-10-27-19-23-17(20)16-18(24-19)25(11-15(26)22-16)12(2)13-6-8-14(21-3)9-7-13/h6-9,12H,4-5,10-11H2,1-2H3,(H,22,26)(H2,20,23,24). The van der Waals surface area contributed by atoms with Gasteiger partial charge in [-0.2, -0.15) is 9.97 Å². The largest absolute Gasteiger partial charge is 0.463 e. The van der Waals surface area contributed by atoms with E-state index in [9.17, 15) is 4.79 Å². The van der Waals surface area contributed by atoms with Crippen molar-refractivity contribution in [3.8, 4) is 6.01 Å². The predicted octanol–water partition coefficient (Wildman–Crippen LogP) is 3.31. The van der Waals surface area contributed by atoms with Gasteiger partial charge in [0.2, 0.25) is 5.91 Å². The maximum atomic E-state index is 12.2. The summed E-state index contributed by atoms with van der Waals surface area (Å²) in [6.07, 6.45) is 1.89. The number of nitrogens with zero attached hydrogens (tertiary/aromatic N) is 4. The first-order valence-corrected chi connectivity index (χ1v) is 8.87. The summed E-state index contributed by atoms with van der Waals surface area (Å²) in [6, 6.07) is 7.35. The number of hydrogen-bond acceptors (Lipinski definition) is 6. The number of anilines is 3. The number of carbonyl (C=O) groups excluding carboxylic acids is 1. The van der Waals surface area contributed by atoms with Gasteiger partial charge in [-0.25, -0.2) is 4.85 Å². The molecule has 3 rings (SSSR count). The average molecular weight is 366 g/mol. The summed E-state index contributed by atoms with van der Waals surface area (Å²) in [7, 11) is 0. The first kappa shape index (κ1) is 18.5. The number of fused-ring (bicyclic) bond motifs is 1. The number of nitrogens with two attached hydrogens (primary N) is 1. The van der Waals surface area contributed by atoms with Gasteiger partial charge < -0.3 is 20.7 Å². The van der Waals surface area contributed by atoms with E-state index in [1.165, 1.54) is 0 Å². The zero-order chi connectivity index (χ0) is 19.4. The van der Waals surface area contributed by atoms with Crippen LogP contribution in [0.15, 0.2) is 24.3 Å². The van der Waals surface area contributed by atoms with Crippen LogP contribution in [0, 0.1) is 6.57 Å². The molecular formula is C19H22N6O2. The smallest absolute Gasteiger partial charge is 0.320 e. The molecule has 0 saturated heterocycles. The van der Waals surface area contributed by atoms with Crippen LogP contribution in [-0.4, -0.2) is 29.0 Å². The molecule has 1 atom stereocenters. The van der Waals surface area contributed by atoms with Gasteiger partial charge >= 0.3 is 6.01 Å². The monoisotopic (exact) mass is 366 g/mol. The Kier molecular flexibility index (Phi) is 5.41. The molecule has 0 saturated carbocycles. The maximum absolute atomic E-state index is 12.2. The molecule has 0 radical (unpaired) electrons. The molecule has 3 N–H and O–H groups in total. The van der Waals surface area contributed by atoms with E-state index in [2.05, 4.69) is 27.1 Å². The first-order valence-electron chi connectivity index (χ1n) is 8.87. The Balaban J connectivity index is 1.94. The summed E-state index contributed by atoms with van der Waals surface area (Å²) < 4.78 is 5.61. The molecule has 1 aliphatic heterocycles. The van der Waals surface area contributed by atoms with Crippen LogP contribution in [0.4, 0.5) is 23.0 Å². The molecule has 140 valence electrons. The fourth-order valence-corrected chi connectivity index (χ4v) is 2.88. The van der Waals surface area contributed by atoms with E-state index in [0.717, 1.165) is 18.4 Å². The van der Waals surface area contributed by atoms with Crippen LogP contribution >= 0.6 is 0 Å². The molecule has 0 bridgehead atoms. The third-order valence-corrected chi connectivity index (χ3v) is 4.45. The van der Waals surface area contributed by atoms with E-state index in [-0.39, 0.29) is 30.3 Å². The molecule has 1 aromatic heterocycles. The molecule has 0 spiro atoms. The minimum atomic E-state index is -0.179. The second-order valence-electron chi connectivity index (χ2n) is 6.35. The lowest BCUT2D eigenvalue weighted by Gasteiger charge is -2.35. The van der Waals surface area contributed by atoms with Crippen molar-refractivity contribution in [1.29, 1.82) is 0 Å².